The molecular formula is C23H47NO3. The third kappa shape index (κ3) is 23.4. The van der Waals surface area contributed by atoms with Gasteiger partial charge < -0.3 is 15.2 Å². The molecule has 0 heterocycles. The van der Waals surface area contributed by atoms with Gasteiger partial charge in [0.25, 0.3) is 0 Å². The van der Waals surface area contributed by atoms with Crippen molar-refractivity contribution in [1.29, 1.82) is 0 Å². The first-order valence-corrected chi connectivity index (χ1v) is 11.6. The summed E-state index contributed by atoms with van der Waals surface area (Å²) >= 11 is 0. The molecule has 0 aromatic heterocycles. The van der Waals surface area contributed by atoms with E-state index in [9.17, 15) is 4.79 Å². The van der Waals surface area contributed by atoms with Crippen LogP contribution in [0, 0.1) is 5.92 Å². The standard InChI is InChI=1S/C23H47NO3/c1-22(2)16-10-6-3-4-7-11-17-23(26)27-21-15-9-5-8-12-18-24-19-13-14-20-25/h22,24-25H,3-21H2,1-2H3. The first kappa shape index (κ1) is 26.4. The zero-order valence-corrected chi connectivity index (χ0v) is 18.3. The van der Waals surface area contributed by atoms with Crippen LogP contribution in [0.25, 0.3) is 0 Å². The highest BCUT2D eigenvalue weighted by molar-refractivity contribution is 5.69. The maximum Gasteiger partial charge on any atom is 0.305 e. The van der Waals surface area contributed by atoms with Gasteiger partial charge in [-0.25, -0.2) is 0 Å². The van der Waals surface area contributed by atoms with E-state index < -0.39 is 0 Å². The second kappa shape index (κ2) is 21.7. The molecule has 0 aromatic rings. The third-order valence-corrected chi connectivity index (χ3v) is 4.93. The Balaban J connectivity index is 3.15. The molecule has 0 aliphatic carbocycles. The Bertz CT molecular complexity index is 308. The molecule has 0 spiro atoms. The zero-order valence-electron chi connectivity index (χ0n) is 18.3. The molecule has 0 atom stereocenters. The Hall–Kier alpha value is -0.610. The number of esters is 1. The molecule has 0 rings (SSSR count). The highest BCUT2D eigenvalue weighted by Crippen LogP contribution is 2.12. The smallest absolute Gasteiger partial charge is 0.305 e. The van der Waals surface area contributed by atoms with Gasteiger partial charge in [-0.3, -0.25) is 4.79 Å². The van der Waals surface area contributed by atoms with Crippen molar-refractivity contribution in [2.45, 2.75) is 110 Å². The van der Waals surface area contributed by atoms with Crippen LogP contribution in [0.5, 0.6) is 0 Å². The summed E-state index contributed by atoms with van der Waals surface area (Å²) in [4.78, 5) is 11.7. The highest BCUT2D eigenvalue weighted by Gasteiger charge is 2.02. The van der Waals surface area contributed by atoms with Crippen molar-refractivity contribution in [3.05, 3.63) is 0 Å². The van der Waals surface area contributed by atoms with Gasteiger partial charge in [0, 0.05) is 13.0 Å². The largest absolute Gasteiger partial charge is 0.466 e. The molecule has 162 valence electrons. The SMILES string of the molecule is CC(C)CCCCCCCCC(=O)OCCCCCCCNCCCCO. The molecule has 0 fully saturated rings. The molecule has 27 heavy (non-hydrogen) atoms. The molecule has 0 aliphatic rings. The third-order valence-electron chi connectivity index (χ3n) is 4.93. The Labute approximate surface area is 168 Å². The summed E-state index contributed by atoms with van der Waals surface area (Å²) in [7, 11) is 0. The summed E-state index contributed by atoms with van der Waals surface area (Å²) in [5.74, 6) is 0.812. The highest BCUT2D eigenvalue weighted by atomic mass is 16.5. The molecule has 2 N–H and O–H groups in total. The molecule has 0 saturated heterocycles. The Kier molecular flexibility index (Phi) is 21.2. The van der Waals surface area contributed by atoms with Crippen molar-refractivity contribution in [3.63, 3.8) is 0 Å². The average Bonchev–Trinajstić information content (AvgIpc) is 2.64. The number of aliphatic hydroxyl groups excluding tert-OH is 1. The molecule has 0 unspecified atom stereocenters. The van der Waals surface area contributed by atoms with Gasteiger partial charge in [0.15, 0.2) is 0 Å². The molecule has 4 nitrogen and oxygen atoms in total. The summed E-state index contributed by atoms with van der Waals surface area (Å²) in [6, 6.07) is 0. The fraction of sp³-hybridized carbons (Fsp3) is 0.957. The lowest BCUT2D eigenvalue weighted by Crippen LogP contribution is -2.16. The van der Waals surface area contributed by atoms with Crippen molar-refractivity contribution in [2.24, 2.45) is 5.92 Å². The van der Waals surface area contributed by atoms with Crippen LogP contribution >= 0.6 is 0 Å². The monoisotopic (exact) mass is 385 g/mol. The number of aliphatic hydroxyl groups is 1. The van der Waals surface area contributed by atoms with E-state index in [1.165, 1.54) is 51.4 Å². The van der Waals surface area contributed by atoms with Crippen LogP contribution < -0.4 is 5.32 Å². The van der Waals surface area contributed by atoms with Gasteiger partial charge in [0.1, 0.15) is 0 Å². The van der Waals surface area contributed by atoms with Crippen LogP contribution in [0.3, 0.4) is 0 Å². The number of ether oxygens (including phenoxy) is 1. The second-order valence-electron chi connectivity index (χ2n) is 8.22. The molecule has 0 aromatic carbocycles. The number of hydrogen-bond donors (Lipinski definition) is 2. The number of hydrogen-bond acceptors (Lipinski definition) is 4. The summed E-state index contributed by atoms with van der Waals surface area (Å²) in [5, 5.41) is 12.1. The first-order chi connectivity index (χ1) is 13.2. The fourth-order valence-corrected chi connectivity index (χ4v) is 3.16. The number of unbranched alkanes of at least 4 members (excludes halogenated alkanes) is 10. The van der Waals surface area contributed by atoms with E-state index >= 15 is 0 Å². The van der Waals surface area contributed by atoms with Crippen molar-refractivity contribution < 1.29 is 14.6 Å². The minimum Gasteiger partial charge on any atom is -0.466 e. The predicted molar refractivity (Wildman–Crippen MR) is 115 cm³/mol. The zero-order chi connectivity index (χ0) is 20.0. The molecule has 0 amide bonds. The lowest BCUT2D eigenvalue weighted by atomic mass is 10.0. The number of rotatable bonds is 21. The Morgan fingerprint density at radius 2 is 1.33 bits per heavy atom. The first-order valence-electron chi connectivity index (χ1n) is 11.6. The Morgan fingerprint density at radius 3 is 2.00 bits per heavy atom. The topological polar surface area (TPSA) is 58.6 Å². The van der Waals surface area contributed by atoms with Gasteiger partial charge in [-0.2, -0.15) is 0 Å². The maximum absolute atomic E-state index is 11.7. The van der Waals surface area contributed by atoms with E-state index in [0.717, 1.165) is 57.5 Å². The molecule has 0 bridgehead atoms. The van der Waals surface area contributed by atoms with Crippen molar-refractivity contribution >= 4 is 5.97 Å². The second-order valence-corrected chi connectivity index (χ2v) is 8.22. The van der Waals surface area contributed by atoms with Gasteiger partial charge >= 0.3 is 5.97 Å². The number of carbonyl (C=O) groups excluding carboxylic acids is 1. The van der Waals surface area contributed by atoms with E-state index in [0.29, 0.717) is 19.6 Å². The van der Waals surface area contributed by atoms with E-state index in [1.54, 1.807) is 0 Å². The van der Waals surface area contributed by atoms with Gasteiger partial charge in [-0.15, -0.1) is 0 Å². The summed E-state index contributed by atoms with van der Waals surface area (Å²) in [6.45, 7) is 7.53. The lowest BCUT2D eigenvalue weighted by Gasteiger charge is -2.06. The van der Waals surface area contributed by atoms with E-state index in [2.05, 4.69) is 19.2 Å². The Morgan fingerprint density at radius 1 is 0.778 bits per heavy atom. The van der Waals surface area contributed by atoms with Gasteiger partial charge in [-0.1, -0.05) is 71.6 Å². The van der Waals surface area contributed by atoms with E-state index in [-0.39, 0.29) is 5.97 Å². The van der Waals surface area contributed by atoms with E-state index in [4.69, 9.17) is 9.84 Å². The van der Waals surface area contributed by atoms with Crippen molar-refractivity contribution in [1.82, 2.24) is 5.32 Å². The quantitative estimate of drug-likeness (QED) is 0.199. The van der Waals surface area contributed by atoms with Crippen LogP contribution in [0.2, 0.25) is 0 Å². The molecule has 0 saturated carbocycles. The lowest BCUT2D eigenvalue weighted by molar-refractivity contribution is -0.143. The van der Waals surface area contributed by atoms with Crippen LogP contribution in [0.1, 0.15) is 110 Å². The molecule has 0 aliphatic heterocycles. The minimum atomic E-state index is -0.0121. The predicted octanol–water partition coefficient (Wildman–Crippen LogP) is 5.62. The van der Waals surface area contributed by atoms with Crippen LogP contribution in [-0.2, 0) is 9.53 Å². The maximum atomic E-state index is 11.7. The van der Waals surface area contributed by atoms with E-state index in [1.807, 2.05) is 0 Å². The van der Waals surface area contributed by atoms with Gasteiger partial charge in [-0.05, 0) is 51.1 Å². The molecule has 0 radical (unpaired) electrons. The van der Waals surface area contributed by atoms with Crippen molar-refractivity contribution in [2.75, 3.05) is 26.3 Å². The van der Waals surface area contributed by atoms with Gasteiger partial charge in [0.2, 0.25) is 0 Å². The van der Waals surface area contributed by atoms with Crippen LogP contribution in [-0.4, -0.2) is 37.4 Å². The average molecular weight is 386 g/mol. The van der Waals surface area contributed by atoms with Gasteiger partial charge in [0.05, 0.1) is 6.61 Å². The van der Waals surface area contributed by atoms with Crippen LogP contribution in [0.4, 0.5) is 0 Å². The summed E-state index contributed by atoms with van der Waals surface area (Å²) in [5.41, 5.74) is 0. The normalized spacial score (nSPS) is 11.3. The summed E-state index contributed by atoms with van der Waals surface area (Å²) < 4.78 is 5.32. The molecule has 4 heteroatoms. The fourth-order valence-electron chi connectivity index (χ4n) is 3.16. The molecular weight excluding hydrogens is 338 g/mol. The number of nitrogens with one attached hydrogen (secondary N) is 1. The number of carbonyl (C=O) groups is 1. The van der Waals surface area contributed by atoms with Crippen LogP contribution in [0.15, 0.2) is 0 Å². The summed E-state index contributed by atoms with van der Waals surface area (Å²) in [6.07, 6.45) is 17.1. The van der Waals surface area contributed by atoms with Crippen molar-refractivity contribution in [3.8, 4) is 0 Å². The minimum absolute atomic E-state index is 0.0121.